The van der Waals surface area contributed by atoms with E-state index in [0.717, 1.165) is 4.90 Å². The lowest BCUT2D eigenvalue weighted by atomic mass is 10.1. The van der Waals surface area contributed by atoms with E-state index in [9.17, 15) is 28.1 Å². The fourth-order valence-electron chi connectivity index (χ4n) is 4.98. The number of alkyl halides is 1. The van der Waals surface area contributed by atoms with E-state index in [0.29, 0.717) is 22.2 Å². The molecule has 0 spiro atoms. The summed E-state index contributed by atoms with van der Waals surface area (Å²) in [5, 5.41) is 3.00. The maximum atomic E-state index is 14.5. The Morgan fingerprint density at radius 1 is 1.16 bits per heavy atom. The molecular weight excluding hydrogens is 607 g/mol. The highest BCUT2D eigenvalue weighted by Gasteiger charge is 2.42. The lowest BCUT2D eigenvalue weighted by molar-refractivity contribution is -0.139. The Bertz CT molecular complexity index is 1500. The van der Waals surface area contributed by atoms with Crippen molar-refractivity contribution in [2.45, 2.75) is 52.5 Å². The molecule has 1 aliphatic rings. The van der Waals surface area contributed by atoms with Gasteiger partial charge >= 0.3 is 7.94 Å². The Morgan fingerprint density at radius 2 is 1.88 bits per heavy atom. The van der Waals surface area contributed by atoms with Crippen LogP contribution in [0.3, 0.4) is 0 Å². The Balaban J connectivity index is 1.50. The van der Waals surface area contributed by atoms with Gasteiger partial charge in [-0.2, -0.15) is 13.9 Å². The zero-order valence-electron chi connectivity index (χ0n) is 24.0. The first-order chi connectivity index (χ1) is 20.5. The summed E-state index contributed by atoms with van der Waals surface area (Å²) >= 11 is 5.81. The van der Waals surface area contributed by atoms with E-state index < -0.39 is 37.8 Å². The summed E-state index contributed by atoms with van der Waals surface area (Å²) in [6, 6.07) is 8.21. The zero-order chi connectivity index (χ0) is 31.3. The van der Waals surface area contributed by atoms with Gasteiger partial charge in [-0.05, 0) is 45.0 Å². The maximum Gasteiger partial charge on any atom is 0.449 e. The van der Waals surface area contributed by atoms with Gasteiger partial charge < -0.3 is 19.5 Å². The number of fused-ring (bicyclic) bond motifs is 1. The second kappa shape index (κ2) is 14.1. The molecule has 2 atom stereocenters. The van der Waals surface area contributed by atoms with Crippen LogP contribution in [0.2, 0.25) is 5.02 Å². The number of carbonyl (C=O) groups is 3. The molecule has 4 rings (SSSR count). The Kier molecular flexibility index (Phi) is 10.7. The van der Waals surface area contributed by atoms with Crippen LogP contribution in [0.25, 0.3) is 10.9 Å². The van der Waals surface area contributed by atoms with Crippen molar-refractivity contribution < 1.29 is 41.8 Å². The predicted molar refractivity (Wildman–Crippen MR) is 158 cm³/mol. The average Bonchev–Trinajstić information content (AvgIpc) is 3.53. The summed E-state index contributed by atoms with van der Waals surface area (Å²) < 4.78 is 46.7. The topological polar surface area (TPSA) is 119 Å². The van der Waals surface area contributed by atoms with Crippen LogP contribution < -0.4 is 10.1 Å². The van der Waals surface area contributed by atoms with Crippen LogP contribution in [0.4, 0.5) is 8.78 Å². The van der Waals surface area contributed by atoms with Crippen LogP contribution >= 0.6 is 19.5 Å². The molecule has 2 heterocycles. The number of Topliss-reactive ketones (excluding diaryl/α,β-unsaturated/α-hetero) is 1. The van der Waals surface area contributed by atoms with Gasteiger partial charge in [0.25, 0.3) is 6.35 Å². The van der Waals surface area contributed by atoms with Crippen LogP contribution in [0.15, 0.2) is 42.6 Å². The first kappa shape index (κ1) is 32.8. The van der Waals surface area contributed by atoms with E-state index in [-0.39, 0.29) is 62.0 Å². The van der Waals surface area contributed by atoms with E-state index >= 15 is 0 Å². The molecule has 43 heavy (non-hydrogen) atoms. The van der Waals surface area contributed by atoms with Gasteiger partial charge in [0.2, 0.25) is 11.8 Å². The summed E-state index contributed by atoms with van der Waals surface area (Å²) in [5.74, 6) is -1.70. The molecule has 0 aliphatic carbocycles. The minimum Gasteiger partial charge on any atom is -0.451 e. The predicted octanol–water partition coefficient (Wildman–Crippen LogP) is 5.06. The molecule has 2 aromatic carbocycles. The molecule has 10 nitrogen and oxygen atoms in total. The normalized spacial score (nSPS) is 17.0. The van der Waals surface area contributed by atoms with Crippen molar-refractivity contribution in [1.29, 1.82) is 0 Å². The lowest BCUT2D eigenvalue weighted by Crippen LogP contribution is -2.46. The highest BCUT2D eigenvalue weighted by molar-refractivity contribution is 7.60. The molecule has 2 amide bonds. The summed E-state index contributed by atoms with van der Waals surface area (Å²) in [6.45, 7) is 4.61. The van der Waals surface area contributed by atoms with Crippen LogP contribution in [0, 0.1) is 5.82 Å². The third-order valence-electron chi connectivity index (χ3n) is 6.95. The van der Waals surface area contributed by atoms with Crippen molar-refractivity contribution in [2.75, 3.05) is 26.1 Å². The van der Waals surface area contributed by atoms with Gasteiger partial charge in [-0.3, -0.25) is 14.4 Å². The fourth-order valence-corrected chi connectivity index (χ4v) is 6.52. The highest BCUT2D eigenvalue weighted by Crippen LogP contribution is 2.56. The molecule has 1 fully saturated rings. The van der Waals surface area contributed by atoms with Crippen LogP contribution in [0.1, 0.15) is 43.1 Å². The van der Waals surface area contributed by atoms with Crippen molar-refractivity contribution in [3.05, 3.63) is 64.6 Å². The quantitative estimate of drug-likeness (QED) is 0.198. The van der Waals surface area contributed by atoms with Crippen molar-refractivity contribution in [1.82, 2.24) is 14.8 Å². The number of hydrogen-bond donors (Lipinski definition) is 2. The number of ether oxygens (including phenoxy) is 1. The van der Waals surface area contributed by atoms with Crippen LogP contribution in [-0.4, -0.2) is 70.3 Å². The molecule has 3 aromatic rings. The van der Waals surface area contributed by atoms with Gasteiger partial charge in [0.1, 0.15) is 30.3 Å². The van der Waals surface area contributed by atoms with Gasteiger partial charge in [-0.25, -0.2) is 8.78 Å². The minimum absolute atomic E-state index is 0.0881. The van der Waals surface area contributed by atoms with Gasteiger partial charge in [-0.15, -0.1) is 0 Å². The first-order valence-corrected chi connectivity index (χ1v) is 15.9. The molecule has 0 radical (unpaired) electrons. The standard InChI is InChI=1S/C29H33ClF2N3O7P/c1-4-41-43(39,42-5-2)17-40-21-9-10-25-22(12-21)23(18(3)36)15-34(25)16-27(37)35-14-20(31)11-26(35)29(38)33-13-19-7-6-8-24(30)28(19)32/h6-10,12,15,20,26,39H,4-5,11,13-14,16-17H2,1-3H3/p+1/t20-,26+/m1/s1. The van der Waals surface area contributed by atoms with E-state index in [2.05, 4.69) is 5.32 Å². The van der Waals surface area contributed by atoms with Crippen molar-refractivity contribution in [3.8, 4) is 5.75 Å². The molecule has 0 saturated carbocycles. The number of ketones is 1. The monoisotopic (exact) mass is 640 g/mol. The summed E-state index contributed by atoms with van der Waals surface area (Å²) in [6.07, 6.45) is -0.300. The fraction of sp³-hybridized carbons (Fsp3) is 0.414. The van der Waals surface area contributed by atoms with Crippen molar-refractivity contribution in [2.24, 2.45) is 0 Å². The third kappa shape index (κ3) is 7.69. The molecule has 1 saturated heterocycles. The number of carbonyl (C=O) groups excluding carboxylic acids is 3. The lowest BCUT2D eigenvalue weighted by Gasteiger charge is -2.24. The number of nitrogens with one attached hydrogen (secondary N) is 1. The van der Waals surface area contributed by atoms with Crippen molar-refractivity contribution in [3.63, 3.8) is 0 Å². The molecule has 2 N–H and O–H groups in total. The summed E-state index contributed by atoms with van der Waals surface area (Å²) in [4.78, 5) is 50.6. The Morgan fingerprint density at radius 3 is 2.56 bits per heavy atom. The van der Waals surface area contributed by atoms with Gasteiger partial charge in [0.05, 0.1) is 24.8 Å². The molecule has 1 aromatic heterocycles. The van der Waals surface area contributed by atoms with Crippen LogP contribution in [0.5, 0.6) is 5.75 Å². The largest absolute Gasteiger partial charge is 0.451 e. The Hall–Kier alpha value is -3.15. The zero-order valence-corrected chi connectivity index (χ0v) is 25.7. The van der Waals surface area contributed by atoms with E-state index in [1.165, 1.54) is 25.3 Å². The summed E-state index contributed by atoms with van der Waals surface area (Å²) in [7, 11) is -3.23. The van der Waals surface area contributed by atoms with Crippen molar-refractivity contribution >= 4 is 48.0 Å². The van der Waals surface area contributed by atoms with Crippen LogP contribution in [-0.2, 0) is 31.7 Å². The van der Waals surface area contributed by atoms with Gasteiger partial charge in [0.15, 0.2) is 5.78 Å². The number of likely N-dealkylation sites (tertiary alicyclic amines) is 1. The molecular formula is C29H34ClF2N3O7P+. The maximum absolute atomic E-state index is 14.5. The van der Waals surface area contributed by atoms with E-state index in [4.69, 9.17) is 25.4 Å². The number of amides is 2. The van der Waals surface area contributed by atoms with Gasteiger partial charge in [-0.1, -0.05) is 23.7 Å². The highest BCUT2D eigenvalue weighted by atomic mass is 35.5. The number of aromatic nitrogens is 1. The second-order valence-corrected chi connectivity index (χ2v) is 12.4. The average molecular weight is 641 g/mol. The molecule has 0 bridgehead atoms. The van der Waals surface area contributed by atoms with Gasteiger partial charge in [0, 0.05) is 41.2 Å². The minimum atomic E-state index is -3.23. The number of benzene rings is 2. The number of hydrogen-bond acceptors (Lipinski definition) is 7. The first-order valence-electron chi connectivity index (χ1n) is 13.8. The summed E-state index contributed by atoms with van der Waals surface area (Å²) in [5.41, 5.74) is 1.03. The third-order valence-corrected chi connectivity index (χ3v) is 9.02. The smallest absolute Gasteiger partial charge is 0.449 e. The molecule has 14 heteroatoms. The van der Waals surface area contributed by atoms with E-state index in [1.807, 2.05) is 0 Å². The molecule has 232 valence electrons. The number of halogens is 3. The second-order valence-electron chi connectivity index (χ2n) is 9.98. The SMILES string of the molecule is CCO[P+](O)(COc1ccc2c(c1)c(C(C)=O)cn2CC(=O)N1C[C@H](F)C[C@H]1C(=O)NCc1cccc(Cl)c1F)OCC. The molecule has 1 aliphatic heterocycles. The Labute approximate surface area is 253 Å². The van der Waals surface area contributed by atoms with E-state index in [1.54, 1.807) is 42.7 Å². The number of rotatable bonds is 13. The molecule has 0 unspecified atom stereocenters. The number of nitrogens with zero attached hydrogens (tertiary/aromatic N) is 2.